The van der Waals surface area contributed by atoms with Crippen molar-refractivity contribution in [2.75, 3.05) is 7.11 Å². The number of aryl methyl sites for hydroxylation is 1. The lowest BCUT2D eigenvalue weighted by atomic mass is 10.0. The van der Waals surface area contributed by atoms with Gasteiger partial charge in [0.25, 0.3) is 0 Å². The zero-order valence-electron chi connectivity index (χ0n) is 12.6. The van der Waals surface area contributed by atoms with Crippen LogP contribution >= 0.6 is 12.4 Å². The van der Waals surface area contributed by atoms with Crippen molar-refractivity contribution < 1.29 is 9.53 Å². The first-order chi connectivity index (χ1) is 10.2. The van der Waals surface area contributed by atoms with Gasteiger partial charge in [-0.15, -0.1) is 12.4 Å². The van der Waals surface area contributed by atoms with Crippen LogP contribution in [0.4, 0.5) is 0 Å². The maximum Gasteiger partial charge on any atom is 0.327 e. The summed E-state index contributed by atoms with van der Waals surface area (Å²) in [5.41, 5.74) is 9.06. The molecule has 0 amide bonds. The third-order valence-corrected chi connectivity index (χ3v) is 3.93. The fraction of sp³-hybridized carbons (Fsp3) is 0.235. The van der Waals surface area contributed by atoms with E-state index in [0.717, 1.165) is 23.0 Å². The van der Waals surface area contributed by atoms with Crippen LogP contribution in [-0.4, -0.2) is 17.6 Å². The molecule has 0 saturated heterocycles. The first-order valence-corrected chi connectivity index (χ1v) is 7.01. The van der Waals surface area contributed by atoms with Crippen molar-refractivity contribution in [1.82, 2.24) is 4.57 Å². The summed E-state index contributed by atoms with van der Waals surface area (Å²) in [7, 11) is 1.35. The molecular formula is C17H19ClN2O2. The summed E-state index contributed by atoms with van der Waals surface area (Å²) in [6.45, 7) is 3.02. The van der Waals surface area contributed by atoms with E-state index < -0.39 is 12.0 Å². The van der Waals surface area contributed by atoms with Gasteiger partial charge < -0.3 is 15.0 Å². The second-order valence-corrected chi connectivity index (χ2v) is 5.04. The van der Waals surface area contributed by atoms with Crippen molar-refractivity contribution in [2.45, 2.75) is 19.5 Å². The van der Waals surface area contributed by atoms with Gasteiger partial charge in [-0.2, -0.15) is 0 Å². The average molecular weight is 319 g/mol. The van der Waals surface area contributed by atoms with Crippen molar-refractivity contribution in [2.24, 2.45) is 5.73 Å². The molecule has 0 aliphatic rings. The Balaban J connectivity index is 0.00000176. The van der Waals surface area contributed by atoms with Gasteiger partial charge in [0, 0.05) is 28.4 Å². The topological polar surface area (TPSA) is 57.2 Å². The molecule has 0 radical (unpaired) electrons. The van der Waals surface area contributed by atoms with Gasteiger partial charge in [0.2, 0.25) is 0 Å². The quantitative estimate of drug-likeness (QED) is 0.753. The summed E-state index contributed by atoms with van der Waals surface area (Å²) in [6, 6.07) is 13.4. The number of aromatic nitrogens is 1. The molecule has 2 N–H and O–H groups in total. The lowest BCUT2D eigenvalue weighted by molar-refractivity contribution is -0.142. The number of halogens is 1. The number of carbonyl (C=O) groups is 1. The number of para-hydroxylation sites is 1. The monoisotopic (exact) mass is 318 g/mol. The number of nitrogens with two attached hydrogens (primary N) is 1. The third-order valence-electron chi connectivity index (χ3n) is 3.93. The van der Waals surface area contributed by atoms with Crippen molar-refractivity contribution >= 4 is 40.2 Å². The highest BCUT2D eigenvalue weighted by Crippen LogP contribution is 2.30. The number of nitrogens with zero attached hydrogens (tertiary/aromatic N) is 1. The molecule has 0 fully saturated rings. The Hall–Kier alpha value is -2.04. The van der Waals surface area contributed by atoms with Crippen molar-refractivity contribution in [1.29, 1.82) is 0 Å². The summed E-state index contributed by atoms with van der Waals surface area (Å²) in [5, 5.41) is 2.29. The van der Waals surface area contributed by atoms with Crippen LogP contribution in [0.1, 0.15) is 18.5 Å². The Labute approximate surface area is 135 Å². The van der Waals surface area contributed by atoms with Crippen LogP contribution in [0, 0.1) is 0 Å². The molecule has 1 atom stereocenters. The van der Waals surface area contributed by atoms with Crippen LogP contribution in [0.2, 0.25) is 0 Å². The molecular weight excluding hydrogens is 300 g/mol. The molecule has 0 bridgehead atoms. The predicted octanol–water partition coefficient (Wildman–Crippen LogP) is 3.41. The Bertz CT molecular complexity index is 826. The maximum atomic E-state index is 11.6. The van der Waals surface area contributed by atoms with Gasteiger partial charge in [-0.05, 0) is 30.7 Å². The van der Waals surface area contributed by atoms with Gasteiger partial charge >= 0.3 is 5.97 Å². The van der Waals surface area contributed by atoms with Crippen molar-refractivity contribution in [3.8, 4) is 0 Å². The Morgan fingerprint density at radius 3 is 2.55 bits per heavy atom. The highest BCUT2D eigenvalue weighted by Gasteiger charge is 2.18. The second-order valence-electron chi connectivity index (χ2n) is 5.04. The number of ether oxygens (including phenoxy) is 1. The summed E-state index contributed by atoms with van der Waals surface area (Å²) in [6.07, 6.45) is 0. The zero-order chi connectivity index (χ0) is 15.0. The predicted molar refractivity (Wildman–Crippen MR) is 91.3 cm³/mol. The molecule has 1 aromatic heterocycles. The van der Waals surface area contributed by atoms with Crippen molar-refractivity contribution in [3.05, 3.63) is 48.0 Å². The van der Waals surface area contributed by atoms with Gasteiger partial charge in [-0.25, -0.2) is 0 Å². The molecule has 5 heteroatoms. The number of methoxy groups -OCH3 is 1. The lowest BCUT2D eigenvalue weighted by Crippen LogP contribution is -2.22. The van der Waals surface area contributed by atoms with E-state index in [-0.39, 0.29) is 12.4 Å². The summed E-state index contributed by atoms with van der Waals surface area (Å²) in [4.78, 5) is 11.6. The number of carbonyl (C=O) groups excluding carboxylic acids is 1. The zero-order valence-corrected chi connectivity index (χ0v) is 13.4. The molecule has 0 aliphatic carbocycles. The number of hydrogen-bond donors (Lipinski definition) is 1. The number of fused-ring (bicyclic) bond motifs is 3. The van der Waals surface area contributed by atoms with Crippen molar-refractivity contribution in [3.63, 3.8) is 0 Å². The smallest absolute Gasteiger partial charge is 0.327 e. The normalized spacial score (nSPS) is 12.1. The second kappa shape index (κ2) is 6.38. The molecule has 22 heavy (non-hydrogen) atoms. The van der Waals surface area contributed by atoms with Crippen LogP contribution in [0.15, 0.2) is 42.5 Å². The van der Waals surface area contributed by atoms with Gasteiger partial charge in [0.05, 0.1) is 7.11 Å². The number of esters is 1. The summed E-state index contributed by atoms with van der Waals surface area (Å²) in [5.74, 6) is -0.423. The Morgan fingerprint density at radius 1 is 1.18 bits per heavy atom. The van der Waals surface area contributed by atoms with E-state index in [2.05, 4.69) is 23.6 Å². The first kappa shape index (κ1) is 16.3. The minimum atomic E-state index is -0.747. The highest BCUT2D eigenvalue weighted by molar-refractivity contribution is 6.08. The number of rotatable bonds is 3. The standard InChI is InChI=1S/C17H18N2O2.ClH/c1-3-19-14-7-5-4-6-12(14)13-10-11(8-9-15(13)19)16(18)17(20)21-2;/h4-10,16H,3,18H2,1-2H3;1H/t16-;/m1./s1. The largest absolute Gasteiger partial charge is 0.468 e. The van der Waals surface area contributed by atoms with Crippen LogP contribution in [0.3, 0.4) is 0 Å². The van der Waals surface area contributed by atoms with Gasteiger partial charge in [0.15, 0.2) is 0 Å². The van der Waals surface area contributed by atoms with E-state index in [1.165, 1.54) is 18.0 Å². The van der Waals surface area contributed by atoms with Crippen LogP contribution < -0.4 is 5.73 Å². The van der Waals surface area contributed by atoms with E-state index in [4.69, 9.17) is 10.5 Å². The summed E-state index contributed by atoms with van der Waals surface area (Å²) >= 11 is 0. The fourth-order valence-electron chi connectivity index (χ4n) is 2.87. The molecule has 116 valence electrons. The minimum Gasteiger partial charge on any atom is -0.468 e. The molecule has 0 saturated carbocycles. The van der Waals surface area contributed by atoms with Crippen LogP contribution in [-0.2, 0) is 16.1 Å². The van der Waals surface area contributed by atoms with Gasteiger partial charge in [-0.1, -0.05) is 24.3 Å². The fourth-order valence-corrected chi connectivity index (χ4v) is 2.87. The van der Waals surface area contributed by atoms with Gasteiger partial charge in [-0.3, -0.25) is 4.79 Å². The Morgan fingerprint density at radius 2 is 1.86 bits per heavy atom. The Kier molecular flexibility index (Phi) is 4.74. The molecule has 3 aromatic rings. The summed E-state index contributed by atoms with van der Waals surface area (Å²) < 4.78 is 6.99. The van der Waals surface area contributed by atoms with Crippen LogP contribution in [0.25, 0.3) is 21.8 Å². The minimum absolute atomic E-state index is 0. The first-order valence-electron chi connectivity index (χ1n) is 7.01. The van der Waals surface area contributed by atoms with Gasteiger partial charge in [0.1, 0.15) is 6.04 Å². The van der Waals surface area contributed by atoms with E-state index in [1.54, 1.807) is 0 Å². The van der Waals surface area contributed by atoms with Crippen LogP contribution in [0.5, 0.6) is 0 Å². The lowest BCUT2D eigenvalue weighted by Gasteiger charge is -2.10. The van der Waals surface area contributed by atoms with E-state index >= 15 is 0 Å². The molecule has 0 unspecified atom stereocenters. The molecule has 0 spiro atoms. The molecule has 4 nitrogen and oxygen atoms in total. The van der Waals surface area contributed by atoms with E-state index in [1.807, 2.05) is 30.3 Å². The maximum absolute atomic E-state index is 11.6. The molecule has 0 aliphatic heterocycles. The SMILES string of the molecule is CCn1c2ccccc2c2cc([C@@H](N)C(=O)OC)ccc21.Cl. The molecule has 2 aromatic carbocycles. The van der Waals surface area contributed by atoms with E-state index in [0.29, 0.717) is 0 Å². The average Bonchev–Trinajstić information content (AvgIpc) is 2.86. The highest BCUT2D eigenvalue weighted by atomic mass is 35.5. The number of hydrogen-bond acceptors (Lipinski definition) is 3. The number of benzene rings is 2. The molecule has 1 heterocycles. The molecule has 3 rings (SSSR count). The third kappa shape index (κ3) is 2.45. The van der Waals surface area contributed by atoms with E-state index in [9.17, 15) is 4.79 Å².